The van der Waals surface area contributed by atoms with E-state index in [1.165, 1.54) is 0 Å². The van der Waals surface area contributed by atoms with Gasteiger partial charge in [-0.3, -0.25) is 9.48 Å². The summed E-state index contributed by atoms with van der Waals surface area (Å²) in [7, 11) is 1.54. The van der Waals surface area contributed by atoms with Crippen LogP contribution < -0.4 is 4.74 Å². The second-order valence-corrected chi connectivity index (χ2v) is 5.44. The van der Waals surface area contributed by atoms with Gasteiger partial charge in [-0.05, 0) is 23.6 Å². The zero-order valence-electron chi connectivity index (χ0n) is 12.5. The maximum Gasteiger partial charge on any atom is 0.307 e. The predicted octanol–water partition coefficient (Wildman–Crippen LogP) is 2.84. The lowest BCUT2D eigenvalue weighted by Gasteiger charge is -2.08. The van der Waals surface area contributed by atoms with Gasteiger partial charge in [-0.15, -0.1) is 0 Å². The highest BCUT2D eigenvalue weighted by molar-refractivity contribution is 5.73. The molecule has 0 aliphatic heterocycles. The Balaban J connectivity index is 2.31. The van der Waals surface area contributed by atoms with Crippen molar-refractivity contribution in [3.05, 3.63) is 36.2 Å². The van der Waals surface area contributed by atoms with Gasteiger partial charge in [-0.1, -0.05) is 19.9 Å². The van der Waals surface area contributed by atoms with E-state index in [0.29, 0.717) is 17.2 Å². The lowest BCUT2D eigenvalue weighted by Crippen LogP contribution is -2.04. The molecule has 1 aromatic carbocycles. The topological polar surface area (TPSA) is 64.4 Å². The quantitative estimate of drug-likeness (QED) is 0.887. The Morgan fingerprint density at radius 1 is 1.38 bits per heavy atom. The first-order chi connectivity index (χ1) is 9.99. The molecular formula is C16H20N2O3. The largest absolute Gasteiger partial charge is 0.496 e. The third kappa shape index (κ3) is 3.84. The predicted molar refractivity (Wildman–Crippen MR) is 80.4 cm³/mol. The maximum absolute atomic E-state index is 10.9. The molecule has 1 heterocycles. The monoisotopic (exact) mass is 288 g/mol. The summed E-state index contributed by atoms with van der Waals surface area (Å²) in [5.74, 6) is 0.243. The summed E-state index contributed by atoms with van der Waals surface area (Å²) < 4.78 is 7.11. The molecule has 0 radical (unpaired) electrons. The smallest absolute Gasteiger partial charge is 0.307 e. The van der Waals surface area contributed by atoms with E-state index in [1.54, 1.807) is 19.4 Å². The fourth-order valence-electron chi connectivity index (χ4n) is 2.25. The SMILES string of the molecule is COc1ccc(-c2cnn(CC(C)C)c2)cc1CC(=O)O. The van der Waals surface area contributed by atoms with Crippen molar-refractivity contribution in [1.82, 2.24) is 9.78 Å². The third-order valence-corrected chi connectivity index (χ3v) is 3.14. The number of ether oxygens (including phenoxy) is 1. The Hall–Kier alpha value is -2.30. The number of aromatic nitrogens is 2. The van der Waals surface area contributed by atoms with E-state index in [1.807, 2.05) is 23.0 Å². The molecule has 21 heavy (non-hydrogen) atoms. The Kier molecular flexibility index (Phi) is 4.62. The number of benzene rings is 1. The molecule has 0 bridgehead atoms. The van der Waals surface area contributed by atoms with Gasteiger partial charge in [0.2, 0.25) is 0 Å². The number of carbonyl (C=O) groups is 1. The van der Waals surface area contributed by atoms with Crippen molar-refractivity contribution in [1.29, 1.82) is 0 Å². The van der Waals surface area contributed by atoms with Crippen LogP contribution in [0.25, 0.3) is 11.1 Å². The third-order valence-electron chi connectivity index (χ3n) is 3.14. The molecule has 2 rings (SSSR count). The van der Waals surface area contributed by atoms with E-state index in [9.17, 15) is 4.79 Å². The average Bonchev–Trinajstić information content (AvgIpc) is 2.85. The Labute approximate surface area is 124 Å². The maximum atomic E-state index is 10.9. The van der Waals surface area contributed by atoms with Crippen LogP contribution >= 0.6 is 0 Å². The molecule has 0 saturated carbocycles. The van der Waals surface area contributed by atoms with Gasteiger partial charge in [0.25, 0.3) is 0 Å². The van der Waals surface area contributed by atoms with Gasteiger partial charge >= 0.3 is 5.97 Å². The van der Waals surface area contributed by atoms with Crippen molar-refractivity contribution in [3.8, 4) is 16.9 Å². The van der Waals surface area contributed by atoms with E-state index < -0.39 is 5.97 Å². The van der Waals surface area contributed by atoms with Gasteiger partial charge < -0.3 is 9.84 Å². The number of carboxylic acids is 1. The normalized spacial score (nSPS) is 10.9. The molecule has 1 N–H and O–H groups in total. The van der Waals surface area contributed by atoms with Crippen LogP contribution in [0.15, 0.2) is 30.6 Å². The molecule has 112 valence electrons. The van der Waals surface area contributed by atoms with Crippen molar-refractivity contribution in [3.63, 3.8) is 0 Å². The van der Waals surface area contributed by atoms with Crippen LogP contribution in [0.2, 0.25) is 0 Å². The number of rotatable bonds is 6. The van der Waals surface area contributed by atoms with Crippen LogP contribution in [-0.2, 0) is 17.8 Å². The van der Waals surface area contributed by atoms with E-state index in [4.69, 9.17) is 9.84 Å². The molecule has 0 aliphatic carbocycles. The zero-order chi connectivity index (χ0) is 15.4. The van der Waals surface area contributed by atoms with E-state index in [2.05, 4.69) is 18.9 Å². The summed E-state index contributed by atoms with van der Waals surface area (Å²) in [6.45, 7) is 5.14. The van der Waals surface area contributed by atoms with Crippen molar-refractivity contribution in [2.75, 3.05) is 7.11 Å². The number of hydrogen-bond donors (Lipinski definition) is 1. The van der Waals surface area contributed by atoms with Crippen LogP contribution in [0.5, 0.6) is 5.75 Å². The Morgan fingerprint density at radius 2 is 2.14 bits per heavy atom. The fourth-order valence-corrected chi connectivity index (χ4v) is 2.25. The standard InChI is InChI=1S/C16H20N2O3/c1-11(2)9-18-10-14(8-17-18)12-4-5-15(21-3)13(6-12)7-16(19)20/h4-6,8,10-11H,7,9H2,1-3H3,(H,19,20). The van der Waals surface area contributed by atoms with Gasteiger partial charge in [0.1, 0.15) is 5.75 Å². The highest BCUT2D eigenvalue weighted by Gasteiger charge is 2.11. The summed E-state index contributed by atoms with van der Waals surface area (Å²) >= 11 is 0. The molecule has 0 unspecified atom stereocenters. The molecule has 0 aliphatic rings. The first-order valence-electron chi connectivity index (χ1n) is 6.91. The minimum absolute atomic E-state index is 0.0584. The Bertz CT molecular complexity index is 632. The van der Waals surface area contributed by atoms with Crippen molar-refractivity contribution < 1.29 is 14.6 Å². The molecule has 0 saturated heterocycles. The van der Waals surface area contributed by atoms with Crippen molar-refractivity contribution in [2.45, 2.75) is 26.8 Å². The zero-order valence-corrected chi connectivity index (χ0v) is 12.5. The summed E-state index contributed by atoms with van der Waals surface area (Å²) in [6.07, 6.45) is 3.72. The molecule has 5 heteroatoms. The van der Waals surface area contributed by atoms with Crippen LogP contribution in [-0.4, -0.2) is 28.0 Å². The molecule has 0 fully saturated rings. The lowest BCUT2D eigenvalue weighted by atomic mass is 10.0. The fraction of sp³-hybridized carbons (Fsp3) is 0.375. The minimum atomic E-state index is -0.874. The minimum Gasteiger partial charge on any atom is -0.496 e. The number of carboxylic acid groups (broad SMARTS) is 1. The molecule has 5 nitrogen and oxygen atoms in total. The van der Waals surface area contributed by atoms with Gasteiger partial charge in [0.05, 0.1) is 19.7 Å². The van der Waals surface area contributed by atoms with Gasteiger partial charge in [0, 0.05) is 23.9 Å². The van der Waals surface area contributed by atoms with Crippen molar-refractivity contribution >= 4 is 5.97 Å². The number of methoxy groups -OCH3 is 1. The molecule has 1 aromatic heterocycles. The summed E-state index contributed by atoms with van der Waals surface area (Å²) in [6, 6.07) is 5.57. The lowest BCUT2D eigenvalue weighted by molar-refractivity contribution is -0.136. The first-order valence-corrected chi connectivity index (χ1v) is 6.91. The van der Waals surface area contributed by atoms with Crippen LogP contribution in [0, 0.1) is 5.92 Å². The highest BCUT2D eigenvalue weighted by Crippen LogP contribution is 2.27. The molecule has 0 spiro atoms. The first kappa shape index (κ1) is 15.1. The number of hydrogen-bond acceptors (Lipinski definition) is 3. The van der Waals surface area contributed by atoms with Gasteiger partial charge in [-0.2, -0.15) is 5.10 Å². The number of nitrogens with zero attached hydrogens (tertiary/aromatic N) is 2. The summed E-state index contributed by atoms with van der Waals surface area (Å²) in [5, 5.41) is 13.3. The molecule has 2 aromatic rings. The highest BCUT2D eigenvalue weighted by atomic mass is 16.5. The van der Waals surface area contributed by atoms with Crippen molar-refractivity contribution in [2.24, 2.45) is 5.92 Å². The average molecular weight is 288 g/mol. The van der Waals surface area contributed by atoms with Crippen LogP contribution in [0.3, 0.4) is 0 Å². The van der Waals surface area contributed by atoms with Gasteiger partial charge in [0.15, 0.2) is 0 Å². The second kappa shape index (κ2) is 6.43. The van der Waals surface area contributed by atoms with E-state index in [-0.39, 0.29) is 6.42 Å². The van der Waals surface area contributed by atoms with Crippen LogP contribution in [0.4, 0.5) is 0 Å². The molecular weight excluding hydrogens is 268 g/mol. The van der Waals surface area contributed by atoms with E-state index >= 15 is 0 Å². The summed E-state index contributed by atoms with van der Waals surface area (Å²) in [5.41, 5.74) is 2.59. The Morgan fingerprint density at radius 3 is 2.76 bits per heavy atom. The van der Waals surface area contributed by atoms with Crippen LogP contribution in [0.1, 0.15) is 19.4 Å². The summed E-state index contributed by atoms with van der Waals surface area (Å²) in [4.78, 5) is 10.9. The van der Waals surface area contributed by atoms with Gasteiger partial charge in [-0.25, -0.2) is 0 Å². The van der Waals surface area contributed by atoms with E-state index in [0.717, 1.165) is 17.7 Å². The molecule has 0 amide bonds. The second-order valence-electron chi connectivity index (χ2n) is 5.44. The molecule has 0 atom stereocenters. The number of aliphatic carboxylic acids is 1.